The fourth-order valence-corrected chi connectivity index (χ4v) is 9.10. The highest BCUT2D eigenvalue weighted by Gasteiger charge is 2.26. The van der Waals surface area contributed by atoms with Gasteiger partial charge in [0.2, 0.25) is 0 Å². The summed E-state index contributed by atoms with van der Waals surface area (Å²) in [6.07, 6.45) is 3.75. The zero-order valence-electron chi connectivity index (χ0n) is 31.8. The zero-order chi connectivity index (χ0) is 38.9. The molecule has 274 valence electrons. The maximum atomic E-state index is 5.23. The molecule has 1 aliphatic carbocycles. The fraction of sp³-hybridized carbons (Fsp3) is 0. The maximum absolute atomic E-state index is 5.23. The van der Waals surface area contributed by atoms with E-state index >= 15 is 0 Å². The summed E-state index contributed by atoms with van der Waals surface area (Å²) >= 11 is 0. The summed E-state index contributed by atoms with van der Waals surface area (Å²) in [5.74, 6) is 1.76. The van der Waals surface area contributed by atoms with Gasteiger partial charge in [-0.05, 0) is 80.0 Å². The van der Waals surface area contributed by atoms with Gasteiger partial charge < -0.3 is 4.57 Å². The minimum atomic E-state index is 0.558. The van der Waals surface area contributed by atoms with Crippen LogP contribution in [-0.2, 0) is 0 Å². The first-order valence-corrected chi connectivity index (χ1v) is 19.9. The molecule has 0 spiro atoms. The van der Waals surface area contributed by atoms with Gasteiger partial charge in [-0.3, -0.25) is 4.98 Å². The molecule has 0 unspecified atom stereocenters. The van der Waals surface area contributed by atoms with Crippen molar-refractivity contribution in [2.75, 3.05) is 0 Å². The number of rotatable bonds is 6. The molecule has 0 aliphatic heterocycles. The Morgan fingerprint density at radius 1 is 0.322 bits per heavy atom. The van der Waals surface area contributed by atoms with Gasteiger partial charge in [-0.1, -0.05) is 158 Å². The molecule has 11 aromatic rings. The Bertz CT molecular complexity index is 3440. The number of hydrogen-bond acceptors (Lipinski definition) is 4. The highest BCUT2D eigenvalue weighted by atomic mass is 15.0. The largest absolute Gasteiger partial charge is 0.309 e. The number of para-hydroxylation sites is 1. The molecule has 5 heteroatoms. The van der Waals surface area contributed by atoms with Crippen LogP contribution >= 0.6 is 0 Å². The molecule has 1 aliphatic rings. The second-order valence-electron chi connectivity index (χ2n) is 15.0. The number of hydrogen-bond donors (Lipinski definition) is 0. The van der Waals surface area contributed by atoms with Crippen molar-refractivity contribution >= 4 is 32.6 Å². The first kappa shape index (κ1) is 33.2. The third-order valence-electron chi connectivity index (χ3n) is 11.7. The van der Waals surface area contributed by atoms with Crippen LogP contribution in [0.2, 0.25) is 0 Å². The number of nitrogens with zero attached hydrogens (tertiary/aromatic N) is 5. The van der Waals surface area contributed by atoms with Crippen molar-refractivity contribution in [2.45, 2.75) is 0 Å². The van der Waals surface area contributed by atoms with E-state index in [1.807, 2.05) is 48.8 Å². The van der Waals surface area contributed by atoms with Gasteiger partial charge in [-0.25, -0.2) is 15.0 Å². The van der Waals surface area contributed by atoms with Gasteiger partial charge in [-0.15, -0.1) is 0 Å². The van der Waals surface area contributed by atoms with Gasteiger partial charge in [0.15, 0.2) is 17.5 Å². The van der Waals surface area contributed by atoms with E-state index in [4.69, 9.17) is 15.0 Å². The predicted octanol–water partition coefficient (Wildman–Crippen LogP) is 13.5. The summed E-state index contributed by atoms with van der Waals surface area (Å²) in [6.45, 7) is 0. The molecule has 12 rings (SSSR count). The zero-order valence-corrected chi connectivity index (χ0v) is 31.8. The molecule has 0 saturated heterocycles. The predicted molar refractivity (Wildman–Crippen MR) is 241 cm³/mol. The molecular weight excluding hydrogens is 719 g/mol. The van der Waals surface area contributed by atoms with Gasteiger partial charge in [0.05, 0.1) is 16.7 Å². The normalized spacial score (nSPS) is 11.7. The average Bonchev–Trinajstić information content (AvgIpc) is 3.60. The summed E-state index contributed by atoms with van der Waals surface area (Å²) < 4.78 is 2.45. The molecule has 0 radical (unpaired) electrons. The molecule has 3 heterocycles. The standard InChI is InChI=1S/C54H33N5/c1-3-14-34(15-4-1)37-19-11-20-38(32-37)53-56-52(36-16-5-2-6-17-36)57-54(58-53)45-33-55-31-30-41(45)42-23-9-10-26-46(42)59-47-27-13-25-44-40-22-8-7-21-39(40)43-24-12-18-35-28-29-48(59)51(49(35)43)50(44)47/h1-33H. The molecule has 0 bridgehead atoms. The summed E-state index contributed by atoms with van der Waals surface area (Å²) in [5, 5.41) is 5.06. The van der Waals surface area contributed by atoms with Gasteiger partial charge in [0.1, 0.15) is 0 Å². The number of aromatic nitrogens is 5. The molecular formula is C54H33N5. The van der Waals surface area contributed by atoms with Crippen LogP contribution < -0.4 is 0 Å². The Labute approximate surface area is 340 Å². The second kappa shape index (κ2) is 13.3. The van der Waals surface area contributed by atoms with Crippen molar-refractivity contribution < 1.29 is 0 Å². The topological polar surface area (TPSA) is 56.5 Å². The Morgan fingerprint density at radius 3 is 1.68 bits per heavy atom. The minimum Gasteiger partial charge on any atom is -0.309 e. The highest BCUT2D eigenvalue weighted by Crippen LogP contribution is 2.50. The van der Waals surface area contributed by atoms with E-state index in [9.17, 15) is 0 Å². The third-order valence-corrected chi connectivity index (χ3v) is 11.7. The van der Waals surface area contributed by atoms with Crippen LogP contribution in [0.1, 0.15) is 0 Å². The first-order chi connectivity index (χ1) is 29.3. The van der Waals surface area contributed by atoms with Crippen molar-refractivity contribution in [1.29, 1.82) is 0 Å². The van der Waals surface area contributed by atoms with Crippen LogP contribution in [-0.4, -0.2) is 24.5 Å². The van der Waals surface area contributed by atoms with Crippen molar-refractivity contribution in [2.24, 2.45) is 0 Å². The molecule has 0 amide bonds. The number of pyridine rings is 1. The van der Waals surface area contributed by atoms with Gasteiger partial charge >= 0.3 is 0 Å². The van der Waals surface area contributed by atoms with E-state index in [0.29, 0.717) is 17.5 Å². The van der Waals surface area contributed by atoms with E-state index in [2.05, 4.69) is 161 Å². The quantitative estimate of drug-likeness (QED) is 0.170. The summed E-state index contributed by atoms with van der Waals surface area (Å²) in [4.78, 5) is 20.2. The van der Waals surface area contributed by atoms with Gasteiger partial charge in [-0.2, -0.15) is 0 Å². The first-order valence-electron chi connectivity index (χ1n) is 19.9. The van der Waals surface area contributed by atoms with E-state index in [1.54, 1.807) is 0 Å². The average molecular weight is 752 g/mol. The Balaban J connectivity index is 1.09. The van der Waals surface area contributed by atoms with Crippen molar-refractivity contribution in [3.8, 4) is 84.4 Å². The summed E-state index contributed by atoms with van der Waals surface area (Å²) in [5.41, 5.74) is 15.3. The lowest BCUT2D eigenvalue weighted by atomic mass is 9.93. The lowest BCUT2D eigenvalue weighted by Gasteiger charge is -2.17. The monoisotopic (exact) mass is 751 g/mol. The fourth-order valence-electron chi connectivity index (χ4n) is 9.10. The maximum Gasteiger partial charge on any atom is 0.166 e. The van der Waals surface area contributed by atoms with Crippen LogP contribution in [0.3, 0.4) is 0 Å². The Kier molecular flexibility index (Phi) is 7.47. The number of fused-ring (bicyclic) bond motifs is 3. The summed E-state index contributed by atoms with van der Waals surface area (Å²) in [6, 6.07) is 66.5. The molecule has 8 aromatic carbocycles. The summed E-state index contributed by atoms with van der Waals surface area (Å²) in [7, 11) is 0. The lowest BCUT2D eigenvalue weighted by molar-refractivity contribution is 1.07. The molecule has 0 N–H and O–H groups in total. The van der Waals surface area contributed by atoms with E-state index in [1.165, 1.54) is 43.8 Å². The molecule has 0 fully saturated rings. The Hall–Kier alpha value is -8.02. The van der Waals surface area contributed by atoms with Crippen LogP contribution in [0.25, 0.3) is 117 Å². The lowest BCUT2D eigenvalue weighted by Crippen LogP contribution is -2.03. The van der Waals surface area contributed by atoms with Crippen LogP contribution in [0.5, 0.6) is 0 Å². The van der Waals surface area contributed by atoms with Crippen LogP contribution in [0.15, 0.2) is 200 Å². The third kappa shape index (κ3) is 5.25. The van der Waals surface area contributed by atoms with Crippen LogP contribution in [0, 0.1) is 0 Å². The smallest absolute Gasteiger partial charge is 0.166 e. The van der Waals surface area contributed by atoms with Crippen molar-refractivity contribution in [3.05, 3.63) is 200 Å². The highest BCUT2D eigenvalue weighted by molar-refractivity contribution is 6.30. The van der Waals surface area contributed by atoms with Crippen molar-refractivity contribution in [1.82, 2.24) is 24.5 Å². The minimum absolute atomic E-state index is 0.558. The van der Waals surface area contributed by atoms with Crippen LogP contribution in [0.4, 0.5) is 0 Å². The SMILES string of the molecule is c1ccc(-c2cccc(-c3nc(-c4ccccc4)nc(-c4cnccc4-c4ccccc4-n4c5cccc6c5c5c7c(cccc7ccc54)-c4ccccc4-6)n3)c2)cc1. The van der Waals surface area contributed by atoms with E-state index in [-0.39, 0.29) is 0 Å². The van der Waals surface area contributed by atoms with Gasteiger partial charge in [0, 0.05) is 45.4 Å². The molecule has 59 heavy (non-hydrogen) atoms. The second-order valence-corrected chi connectivity index (χ2v) is 15.0. The van der Waals surface area contributed by atoms with Gasteiger partial charge in [0.25, 0.3) is 0 Å². The molecule has 0 atom stereocenters. The molecule has 0 saturated carbocycles. The van der Waals surface area contributed by atoms with Crippen molar-refractivity contribution in [3.63, 3.8) is 0 Å². The van der Waals surface area contributed by atoms with E-state index in [0.717, 1.165) is 55.7 Å². The molecule has 3 aromatic heterocycles. The van der Waals surface area contributed by atoms with E-state index < -0.39 is 0 Å². The number of benzene rings is 8. The molecule has 5 nitrogen and oxygen atoms in total. The Morgan fingerprint density at radius 2 is 0.881 bits per heavy atom.